The quantitative estimate of drug-likeness (QED) is 0.577. The maximum atomic E-state index is 12.1. The minimum Gasteiger partial charge on any atom is -0.493 e. The molecule has 3 rings (SSSR count). The second-order valence-electron chi connectivity index (χ2n) is 7.17. The standard InChI is InChI=1S/C22H29N3O4/c1-5-17(13-26)23-12-15-7-9-20(21(11-15)28-4)29-14-16-6-8-18-19(10-16)25(3)22(27)24(18)2/h6-11,17,23,26H,5,12-14H2,1-4H3/t17-/m0/s1. The molecular weight excluding hydrogens is 370 g/mol. The Morgan fingerprint density at radius 3 is 2.45 bits per heavy atom. The third-order valence-corrected chi connectivity index (χ3v) is 5.27. The highest BCUT2D eigenvalue weighted by atomic mass is 16.5. The fourth-order valence-electron chi connectivity index (χ4n) is 3.34. The molecule has 0 saturated carbocycles. The second kappa shape index (κ2) is 9.15. The van der Waals surface area contributed by atoms with Gasteiger partial charge < -0.3 is 19.9 Å². The summed E-state index contributed by atoms with van der Waals surface area (Å²) in [5.41, 5.74) is 3.75. The van der Waals surface area contributed by atoms with Gasteiger partial charge in [0.05, 0.1) is 24.8 Å². The molecule has 0 radical (unpaired) electrons. The molecule has 0 bridgehead atoms. The van der Waals surface area contributed by atoms with E-state index >= 15 is 0 Å². The van der Waals surface area contributed by atoms with Gasteiger partial charge >= 0.3 is 5.69 Å². The molecule has 0 unspecified atom stereocenters. The maximum Gasteiger partial charge on any atom is 0.328 e. The zero-order chi connectivity index (χ0) is 21.0. The Labute approximate surface area is 170 Å². The van der Waals surface area contributed by atoms with Gasteiger partial charge in [0.15, 0.2) is 11.5 Å². The van der Waals surface area contributed by atoms with Gasteiger partial charge in [0.1, 0.15) is 6.61 Å². The maximum absolute atomic E-state index is 12.1. The number of methoxy groups -OCH3 is 1. The number of fused-ring (bicyclic) bond motifs is 1. The van der Waals surface area contributed by atoms with Crippen LogP contribution >= 0.6 is 0 Å². The van der Waals surface area contributed by atoms with E-state index in [1.54, 1.807) is 30.3 Å². The lowest BCUT2D eigenvalue weighted by atomic mass is 10.1. The van der Waals surface area contributed by atoms with Crippen LogP contribution in [0.5, 0.6) is 11.5 Å². The van der Waals surface area contributed by atoms with Crippen molar-refractivity contribution in [3.05, 3.63) is 58.0 Å². The predicted octanol–water partition coefficient (Wildman–Crippen LogP) is 2.33. The number of aliphatic hydroxyl groups excluding tert-OH is 1. The van der Waals surface area contributed by atoms with Crippen LogP contribution in [0.3, 0.4) is 0 Å². The van der Waals surface area contributed by atoms with Crippen molar-refractivity contribution in [2.24, 2.45) is 14.1 Å². The zero-order valence-corrected chi connectivity index (χ0v) is 17.4. The van der Waals surface area contributed by atoms with Crippen LogP contribution in [0.4, 0.5) is 0 Å². The average Bonchev–Trinajstić information content (AvgIpc) is 2.97. The van der Waals surface area contributed by atoms with Gasteiger partial charge in [-0.3, -0.25) is 9.13 Å². The number of hydrogen-bond donors (Lipinski definition) is 2. The molecule has 156 valence electrons. The van der Waals surface area contributed by atoms with Crippen LogP contribution in [-0.2, 0) is 27.2 Å². The summed E-state index contributed by atoms with van der Waals surface area (Å²) in [5, 5.41) is 12.6. The van der Waals surface area contributed by atoms with Crippen LogP contribution in [0, 0.1) is 0 Å². The van der Waals surface area contributed by atoms with Crippen LogP contribution in [0.15, 0.2) is 41.2 Å². The van der Waals surface area contributed by atoms with Gasteiger partial charge in [0, 0.05) is 26.7 Å². The van der Waals surface area contributed by atoms with Gasteiger partial charge in [-0.25, -0.2) is 4.79 Å². The van der Waals surface area contributed by atoms with Crippen LogP contribution < -0.4 is 20.5 Å². The van der Waals surface area contributed by atoms with E-state index in [0.717, 1.165) is 28.6 Å². The van der Waals surface area contributed by atoms with Crippen LogP contribution in [-0.4, -0.2) is 34.0 Å². The molecular formula is C22H29N3O4. The number of nitrogens with zero attached hydrogens (tertiary/aromatic N) is 2. The SMILES string of the molecule is CC[C@@H](CO)NCc1ccc(OCc2ccc3c(c2)n(C)c(=O)n3C)c(OC)c1. The summed E-state index contributed by atoms with van der Waals surface area (Å²) in [6.45, 7) is 3.17. The van der Waals surface area contributed by atoms with Crippen LogP contribution in [0.25, 0.3) is 11.0 Å². The first-order valence-electron chi connectivity index (χ1n) is 9.76. The van der Waals surface area contributed by atoms with Crippen molar-refractivity contribution in [2.45, 2.75) is 32.5 Å². The lowest BCUT2D eigenvalue weighted by molar-refractivity contribution is 0.238. The van der Waals surface area contributed by atoms with E-state index in [4.69, 9.17) is 9.47 Å². The van der Waals surface area contributed by atoms with Gasteiger partial charge in [0.2, 0.25) is 0 Å². The van der Waals surface area contributed by atoms with Gasteiger partial charge in [-0.1, -0.05) is 19.1 Å². The van der Waals surface area contributed by atoms with Crippen molar-refractivity contribution in [1.29, 1.82) is 0 Å². The van der Waals surface area contributed by atoms with Gasteiger partial charge in [0.25, 0.3) is 0 Å². The first-order valence-corrected chi connectivity index (χ1v) is 9.76. The summed E-state index contributed by atoms with van der Waals surface area (Å²) in [6.07, 6.45) is 0.867. The van der Waals surface area contributed by atoms with E-state index in [9.17, 15) is 9.90 Å². The fraction of sp³-hybridized carbons (Fsp3) is 0.409. The van der Waals surface area contributed by atoms with E-state index in [1.807, 2.05) is 43.3 Å². The summed E-state index contributed by atoms with van der Waals surface area (Å²) in [6, 6.07) is 11.8. The van der Waals surface area contributed by atoms with E-state index in [1.165, 1.54) is 0 Å². The van der Waals surface area contributed by atoms with Gasteiger partial charge in [-0.2, -0.15) is 0 Å². The highest BCUT2D eigenvalue weighted by molar-refractivity contribution is 5.76. The number of imidazole rings is 1. The first kappa shape index (κ1) is 21.0. The number of ether oxygens (including phenoxy) is 2. The third kappa shape index (κ3) is 4.46. The molecule has 0 aliphatic heterocycles. The Balaban J connectivity index is 1.72. The van der Waals surface area contributed by atoms with E-state index in [-0.39, 0.29) is 18.3 Å². The zero-order valence-electron chi connectivity index (χ0n) is 17.4. The van der Waals surface area contributed by atoms with Crippen molar-refractivity contribution >= 4 is 11.0 Å². The van der Waals surface area contributed by atoms with Crippen molar-refractivity contribution in [1.82, 2.24) is 14.5 Å². The molecule has 3 aromatic rings. The molecule has 0 aliphatic rings. The van der Waals surface area contributed by atoms with Crippen molar-refractivity contribution in [3.8, 4) is 11.5 Å². The van der Waals surface area contributed by atoms with Gasteiger partial charge in [-0.05, 0) is 41.8 Å². The molecule has 1 atom stereocenters. The Morgan fingerprint density at radius 2 is 1.76 bits per heavy atom. The number of benzene rings is 2. The number of aryl methyl sites for hydroxylation is 2. The lowest BCUT2D eigenvalue weighted by Crippen LogP contribution is -2.31. The second-order valence-corrected chi connectivity index (χ2v) is 7.17. The summed E-state index contributed by atoms with van der Waals surface area (Å²) in [7, 11) is 5.16. The monoisotopic (exact) mass is 399 g/mol. The normalized spacial score (nSPS) is 12.3. The van der Waals surface area contributed by atoms with Crippen LogP contribution in [0.1, 0.15) is 24.5 Å². The third-order valence-electron chi connectivity index (χ3n) is 5.27. The Bertz CT molecular complexity index is 1030. The van der Waals surface area contributed by atoms with Crippen molar-refractivity contribution < 1.29 is 14.6 Å². The van der Waals surface area contributed by atoms with Crippen molar-refractivity contribution in [2.75, 3.05) is 13.7 Å². The number of hydrogen-bond acceptors (Lipinski definition) is 5. The molecule has 7 heteroatoms. The highest BCUT2D eigenvalue weighted by Gasteiger charge is 2.11. The molecule has 2 N–H and O–H groups in total. The molecule has 1 heterocycles. The Hall–Kier alpha value is -2.77. The molecule has 0 amide bonds. The molecule has 0 fully saturated rings. The van der Waals surface area contributed by atoms with E-state index < -0.39 is 0 Å². The molecule has 7 nitrogen and oxygen atoms in total. The Morgan fingerprint density at radius 1 is 1.03 bits per heavy atom. The predicted molar refractivity (Wildman–Crippen MR) is 113 cm³/mol. The number of rotatable bonds is 9. The first-order chi connectivity index (χ1) is 14.0. The Kier molecular flexibility index (Phi) is 6.61. The molecule has 1 aromatic heterocycles. The molecule has 29 heavy (non-hydrogen) atoms. The summed E-state index contributed by atoms with van der Waals surface area (Å²) in [5.74, 6) is 1.32. The summed E-state index contributed by atoms with van der Waals surface area (Å²) in [4.78, 5) is 12.1. The van der Waals surface area contributed by atoms with Crippen LogP contribution in [0.2, 0.25) is 0 Å². The summed E-state index contributed by atoms with van der Waals surface area (Å²) < 4.78 is 14.7. The van der Waals surface area contributed by atoms with E-state index in [0.29, 0.717) is 24.7 Å². The largest absolute Gasteiger partial charge is 0.493 e. The molecule has 0 spiro atoms. The molecule has 0 saturated heterocycles. The minimum absolute atomic E-state index is 0.0459. The average molecular weight is 399 g/mol. The van der Waals surface area contributed by atoms with Crippen molar-refractivity contribution in [3.63, 3.8) is 0 Å². The minimum atomic E-state index is -0.0459. The topological polar surface area (TPSA) is 77.6 Å². The summed E-state index contributed by atoms with van der Waals surface area (Å²) >= 11 is 0. The highest BCUT2D eigenvalue weighted by Crippen LogP contribution is 2.29. The van der Waals surface area contributed by atoms with Gasteiger partial charge in [-0.15, -0.1) is 0 Å². The fourth-order valence-corrected chi connectivity index (χ4v) is 3.34. The molecule has 2 aromatic carbocycles. The lowest BCUT2D eigenvalue weighted by Gasteiger charge is -2.16. The number of nitrogens with one attached hydrogen (secondary N) is 1. The number of aliphatic hydroxyl groups is 1. The molecule has 0 aliphatic carbocycles. The smallest absolute Gasteiger partial charge is 0.328 e. The van der Waals surface area contributed by atoms with E-state index in [2.05, 4.69) is 5.32 Å². The number of aromatic nitrogens is 2.